The summed E-state index contributed by atoms with van der Waals surface area (Å²) in [6.07, 6.45) is 19.1. The molecule has 0 aliphatic heterocycles. The van der Waals surface area contributed by atoms with Crippen LogP contribution < -0.4 is 0 Å². The third-order valence-corrected chi connectivity index (χ3v) is 4.69. The fourth-order valence-corrected chi connectivity index (χ4v) is 2.98. The fraction of sp³-hybridized carbons (Fsp3) is 1.00. The molecule has 0 amide bonds. The molecule has 0 saturated heterocycles. The van der Waals surface area contributed by atoms with Crippen molar-refractivity contribution in [2.75, 3.05) is 0 Å². The van der Waals surface area contributed by atoms with Crippen LogP contribution in [0, 0.1) is 0 Å². The average Bonchev–Trinajstić information content (AvgIpc) is 2.52. The van der Waals surface area contributed by atoms with Crippen LogP contribution in [0.25, 0.3) is 0 Å². The van der Waals surface area contributed by atoms with E-state index in [-0.39, 0.29) is 12.2 Å². The van der Waals surface area contributed by atoms with E-state index < -0.39 is 0 Å². The second kappa shape index (κ2) is 17.3. The summed E-state index contributed by atoms with van der Waals surface area (Å²) < 4.78 is 0. The first-order valence-electron chi connectivity index (χ1n) is 10.1. The SMILES string of the molecule is CCCCCC(O)CCCCCCCCCCCC(O)CC. The van der Waals surface area contributed by atoms with Gasteiger partial charge < -0.3 is 10.2 Å². The van der Waals surface area contributed by atoms with E-state index in [1.807, 2.05) is 0 Å². The zero-order chi connectivity index (χ0) is 16.5. The molecule has 0 aromatic rings. The van der Waals surface area contributed by atoms with Gasteiger partial charge in [0.25, 0.3) is 0 Å². The van der Waals surface area contributed by atoms with Gasteiger partial charge in [-0.1, -0.05) is 90.9 Å². The van der Waals surface area contributed by atoms with Gasteiger partial charge in [0, 0.05) is 0 Å². The number of unbranched alkanes of at least 4 members (excludes halogenated alkanes) is 10. The Balaban J connectivity index is 3.11. The van der Waals surface area contributed by atoms with Gasteiger partial charge in [0.05, 0.1) is 12.2 Å². The number of rotatable bonds is 17. The van der Waals surface area contributed by atoms with E-state index in [1.165, 1.54) is 77.0 Å². The average molecular weight is 315 g/mol. The quantitative estimate of drug-likeness (QED) is 0.324. The van der Waals surface area contributed by atoms with Crippen molar-refractivity contribution in [3.8, 4) is 0 Å². The third kappa shape index (κ3) is 16.3. The van der Waals surface area contributed by atoms with Crippen molar-refractivity contribution in [1.82, 2.24) is 0 Å². The van der Waals surface area contributed by atoms with Crippen LogP contribution in [-0.4, -0.2) is 22.4 Å². The highest BCUT2D eigenvalue weighted by atomic mass is 16.3. The van der Waals surface area contributed by atoms with E-state index in [0.29, 0.717) is 0 Å². The summed E-state index contributed by atoms with van der Waals surface area (Å²) in [5.74, 6) is 0. The van der Waals surface area contributed by atoms with Gasteiger partial charge in [-0.3, -0.25) is 0 Å². The minimum Gasteiger partial charge on any atom is -0.393 e. The van der Waals surface area contributed by atoms with Crippen molar-refractivity contribution < 1.29 is 10.2 Å². The van der Waals surface area contributed by atoms with Crippen LogP contribution in [0.2, 0.25) is 0 Å². The smallest absolute Gasteiger partial charge is 0.0540 e. The summed E-state index contributed by atoms with van der Waals surface area (Å²) >= 11 is 0. The minimum absolute atomic E-state index is 0.0509. The predicted molar refractivity (Wildman–Crippen MR) is 97.2 cm³/mol. The van der Waals surface area contributed by atoms with Crippen molar-refractivity contribution >= 4 is 0 Å². The molecule has 0 fully saturated rings. The lowest BCUT2D eigenvalue weighted by atomic mass is 10.0. The van der Waals surface area contributed by atoms with Crippen LogP contribution in [0.4, 0.5) is 0 Å². The Morgan fingerprint density at radius 1 is 0.500 bits per heavy atom. The van der Waals surface area contributed by atoms with Crippen LogP contribution >= 0.6 is 0 Å². The first-order chi connectivity index (χ1) is 10.7. The molecule has 0 aromatic heterocycles. The molecule has 2 nitrogen and oxygen atoms in total. The van der Waals surface area contributed by atoms with E-state index in [4.69, 9.17) is 0 Å². The molecule has 0 saturated carbocycles. The highest BCUT2D eigenvalue weighted by Crippen LogP contribution is 2.14. The third-order valence-electron chi connectivity index (χ3n) is 4.69. The molecule has 22 heavy (non-hydrogen) atoms. The van der Waals surface area contributed by atoms with Crippen LogP contribution in [0.15, 0.2) is 0 Å². The van der Waals surface area contributed by atoms with Crippen LogP contribution in [-0.2, 0) is 0 Å². The topological polar surface area (TPSA) is 40.5 Å². The summed E-state index contributed by atoms with van der Waals surface area (Å²) in [6.45, 7) is 4.26. The van der Waals surface area contributed by atoms with Gasteiger partial charge in [-0.25, -0.2) is 0 Å². The van der Waals surface area contributed by atoms with E-state index in [1.54, 1.807) is 0 Å². The molecule has 2 atom stereocenters. The Kier molecular flexibility index (Phi) is 17.2. The molecule has 0 spiro atoms. The van der Waals surface area contributed by atoms with Gasteiger partial charge in [-0.05, 0) is 25.7 Å². The summed E-state index contributed by atoms with van der Waals surface area (Å²) in [6, 6.07) is 0. The Morgan fingerprint density at radius 2 is 0.864 bits per heavy atom. The largest absolute Gasteiger partial charge is 0.393 e. The maximum absolute atomic E-state index is 9.84. The van der Waals surface area contributed by atoms with E-state index in [9.17, 15) is 10.2 Å². The maximum atomic E-state index is 9.84. The zero-order valence-corrected chi connectivity index (χ0v) is 15.4. The first-order valence-corrected chi connectivity index (χ1v) is 10.1. The Morgan fingerprint density at radius 3 is 1.27 bits per heavy atom. The zero-order valence-electron chi connectivity index (χ0n) is 15.4. The molecular weight excluding hydrogens is 272 g/mol. The monoisotopic (exact) mass is 314 g/mol. The van der Waals surface area contributed by atoms with E-state index in [0.717, 1.165) is 25.7 Å². The molecule has 134 valence electrons. The molecule has 2 unspecified atom stereocenters. The highest BCUT2D eigenvalue weighted by Gasteiger charge is 2.03. The fourth-order valence-electron chi connectivity index (χ4n) is 2.98. The molecule has 0 rings (SSSR count). The van der Waals surface area contributed by atoms with E-state index >= 15 is 0 Å². The summed E-state index contributed by atoms with van der Waals surface area (Å²) in [4.78, 5) is 0. The van der Waals surface area contributed by atoms with E-state index in [2.05, 4.69) is 13.8 Å². The van der Waals surface area contributed by atoms with Crippen molar-refractivity contribution in [2.24, 2.45) is 0 Å². The molecule has 2 heteroatoms. The van der Waals surface area contributed by atoms with Gasteiger partial charge in [0.1, 0.15) is 0 Å². The Hall–Kier alpha value is -0.0800. The molecule has 0 heterocycles. The second-order valence-corrected chi connectivity index (χ2v) is 6.97. The standard InChI is InChI=1S/C20H42O2/c1-3-5-13-17-20(22)18-15-12-10-8-6-7-9-11-14-16-19(21)4-2/h19-22H,3-18H2,1-2H3. The lowest BCUT2D eigenvalue weighted by molar-refractivity contribution is 0.147. The first kappa shape index (κ1) is 21.9. The summed E-state index contributed by atoms with van der Waals surface area (Å²) in [5, 5.41) is 19.3. The van der Waals surface area contributed by atoms with Gasteiger partial charge in [0.2, 0.25) is 0 Å². The molecule has 0 radical (unpaired) electrons. The molecule has 2 N–H and O–H groups in total. The van der Waals surface area contributed by atoms with Crippen LogP contribution in [0.1, 0.15) is 117 Å². The molecular formula is C20H42O2. The lowest BCUT2D eigenvalue weighted by Gasteiger charge is -2.09. The molecule has 0 aliphatic carbocycles. The molecule has 0 bridgehead atoms. The van der Waals surface area contributed by atoms with Gasteiger partial charge in [-0.2, -0.15) is 0 Å². The van der Waals surface area contributed by atoms with Crippen molar-refractivity contribution in [1.29, 1.82) is 0 Å². The van der Waals surface area contributed by atoms with Gasteiger partial charge in [0.15, 0.2) is 0 Å². The number of aliphatic hydroxyl groups is 2. The van der Waals surface area contributed by atoms with Crippen molar-refractivity contribution in [2.45, 2.75) is 129 Å². The number of hydrogen-bond donors (Lipinski definition) is 2. The second-order valence-electron chi connectivity index (χ2n) is 6.97. The Bertz CT molecular complexity index is 206. The Labute approximate surface area is 139 Å². The normalized spacial score (nSPS) is 14.2. The van der Waals surface area contributed by atoms with Crippen molar-refractivity contribution in [3.63, 3.8) is 0 Å². The lowest BCUT2D eigenvalue weighted by Crippen LogP contribution is -2.05. The molecule has 0 aromatic carbocycles. The number of hydrogen-bond acceptors (Lipinski definition) is 2. The number of aliphatic hydroxyl groups excluding tert-OH is 2. The maximum Gasteiger partial charge on any atom is 0.0540 e. The summed E-state index contributed by atoms with van der Waals surface area (Å²) in [7, 11) is 0. The minimum atomic E-state index is -0.0719. The van der Waals surface area contributed by atoms with Crippen LogP contribution in [0.3, 0.4) is 0 Å². The predicted octanol–water partition coefficient (Wildman–Crippen LogP) is 5.99. The van der Waals surface area contributed by atoms with Gasteiger partial charge >= 0.3 is 0 Å². The summed E-state index contributed by atoms with van der Waals surface area (Å²) in [5.41, 5.74) is 0. The highest BCUT2D eigenvalue weighted by molar-refractivity contribution is 4.57. The van der Waals surface area contributed by atoms with Crippen molar-refractivity contribution in [3.05, 3.63) is 0 Å². The van der Waals surface area contributed by atoms with Crippen LogP contribution in [0.5, 0.6) is 0 Å². The van der Waals surface area contributed by atoms with Gasteiger partial charge in [-0.15, -0.1) is 0 Å². The molecule has 0 aliphatic rings.